The number of amides is 2. The third kappa shape index (κ3) is 7.70. The van der Waals surface area contributed by atoms with Gasteiger partial charge in [-0.2, -0.15) is 0 Å². The molecule has 0 aliphatic carbocycles. The van der Waals surface area contributed by atoms with Crippen LogP contribution in [0.3, 0.4) is 0 Å². The van der Waals surface area contributed by atoms with Crippen molar-refractivity contribution in [3.63, 3.8) is 0 Å². The number of sulfonamides is 1. The molecule has 9 heteroatoms. The maximum Gasteiger partial charge on any atom is 0.244 e. The third-order valence-corrected chi connectivity index (χ3v) is 7.55. The number of hydrogen-bond acceptors (Lipinski definition) is 4. The lowest BCUT2D eigenvalue weighted by Gasteiger charge is -2.33. The van der Waals surface area contributed by atoms with E-state index in [9.17, 15) is 18.0 Å². The molecule has 0 bridgehead atoms. The Morgan fingerprint density at radius 2 is 1.71 bits per heavy atom. The molecule has 0 unspecified atom stereocenters. The van der Waals surface area contributed by atoms with Gasteiger partial charge in [-0.25, -0.2) is 8.42 Å². The Morgan fingerprint density at radius 3 is 2.29 bits per heavy atom. The van der Waals surface area contributed by atoms with Crippen molar-refractivity contribution >= 4 is 39.1 Å². The van der Waals surface area contributed by atoms with E-state index in [1.54, 1.807) is 25.1 Å². The van der Waals surface area contributed by atoms with Crippen molar-refractivity contribution in [3.8, 4) is 0 Å². The number of halogens is 1. The van der Waals surface area contributed by atoms with Crippen LogP contribution in [0, 0.1) is 13.8 Å². The number of nitrogens with one attached hydrogen (secondary N) is 1. The zero-order chi connectivity index (χ0) is 26.3. The van der Waals surface area contributed by atoms with Crippen LogP contribution in [0.5, 0.6) is 0 Å². The highest BCUT2D eigenvalue weighted by Crippen LogP contribution is 2.28. The average molecular weight is 522 g/mol. The summed E-state index contributed by atoms with van der Waals surface area (Å²) in [5.41, 5.74) is 2.78. The van der Waals surface area contributed by atoms with Crippen LogP contribution in [0.2, 0.25) is 5.02 Å². The Morgan fingerprint density at radius 1 is 1.06 bits per heavy atom. The van der Waals surface area contributed by atoms with Crippen LogP contribution in [-0.2, 0) is 26.2 Å². The molecule has 0 aliphatic heterocycles. The molecule has 2 amide bonds. The summed E-state index contributed by atoms with van der Waals surface area (Å²) < 4.78 is 26.5. The van der Waals surface area contributed by atoms with Gasteiger partial charge in [0, 0.05) is 17.6 Å². The first-order valence-corrected chi connectivity index (χ1v) is 14.0. The molecule has 1 N–H and O–H groups in total. The first kappa shape index (κ1) is 28.7. The lowest BCUT2D eigenvalue weighted by Crippen LogP contribution is -2.53. The second-order valence-electron chi connectivity index (χ2n) is 8.91. The van der Waals surface area contributed by atoms with Crippen LogP contribution >= 0.6 is 11.6 Å². The molecule has 35 heavy (non-hydrogen) atoms. The van der Waals surface area contributed by atoms with Gasteiger partial charge in [-0.05, 0) is 56.9 Å². The summed E-state index contributed by atoms with van der Waals surface area (Å²) >= 11 is 6.24. The largest absolute Gasteiger partial charge is 0.352 e. The number of aryl methyl sites for hydroxylation is 1. The van der Waals surface area contributed by atoms with E-state index in [-0.39, 0.29) is 18.5 Å². The highest BCUT2D eigenvalue weighted by atomic mass is 35.5. The van der Waals surface area contributed by atoms with Gasteiger partial charge in [0.15, 0.2) is 0 Å². The van der Waals surface area contributed by atoms with Gasteiger partial charge < -0.3 is 10.2 Å². The molecular formula is C26H36ClN3O4S. The van der Waals surface area contributed by atoms with Crippen molar-refractivity contribution in [3.05, 3.63) is 64.2 Å². The first-order valence-electron chi connectivity index (χ1n) is 11.8. The molecule has 0 fully saturated rings. The summed E-state index contributed by atoms with van der Waals surface area (Å²) in [7, 11) is -3.81. The van der Waals surface area contributed by atoms with Gasteiger partial charge in [-0.3, -0.25) is 13.9 Å². The molecule has 192 valence electrons. The average Bonchev–Trinajstić information content (AvgIpc) is 2.78. The Bertz CT molecular complexity index is 1150. The Balaban J connectivity index is 2.49. The minimum absolute atomic E-state index is 0.0471. The summed E-state index contributed by atoms with van der Waals surface area (Å²) in [5, 5.41) is 3.37. The van der Waals surface area contributed by atoms with E-state index in [0.29, 0.717) is 22.7 Å². The van der Waals surface area contributed by atoms with Crippen molar-refractivity contribution < 1.29 is 18.0 Å². The van der Waals surface area contributed by atoms with Gasteiger partial charge in [0.25, 0.3) is 0 Å². The van der Waals surface area contributed by atoms with Gasteiger partial charge in [-0.1, -0.05) is 61.3 Å². The fourth-order valence-corrected chi connectivity index (χ4v) is 4.90. The van der Waals surface area contributed by atoms with Crippen molar-refractivity contribution in [1.82, 2.24) is 10.2 Å². The molecule has 2 aromatic rings. The number of rotatable bonds is 11. The molecule has 7 nitrogen and oxygen atoms in total. The quantitative estimate of drug-likeness (QED) is 0.473. The van der Waals surface area contributed by atoms with E-state index in [2.05, 4.69) is 5.32 Å². The lowest BCUT2D eigenvalue weighted by molar-refractivity contribution is -0.140. The number of carbonyl (C=O) groups excluding carboxylic acids is 2. The predicted molar refractivity (Wildman–Crippen MR) is 142 cm³/mol. The molecule has 2 aromatic carbocycles. The predicted octanol–water partition coefficient (Wildman–Crippen LogP) is 4.44. The molecule has 0 radical (unpaired) electrons. The number of hydrogen-bond donors (Lipinski definition) is 1. The summed E-state index contributed by atoms with van der Waals surface area (Å²) in [6, 6.07) is 11.8. The molecular weight excluding hydrogens is 486 g/mol. The van der Waals surface area contributed by atoms with E-state index in [0.717, 1.165) is 28.1 Å². The van der Waals surface area contributed by atoms with Crippen LogP contribution in [0.15, 0.2) is 42.5 Å². The molecule has 0 aromatic heterocycles. The van der Waals surface area contributed by atoms with E-state index in [4.69, 9.17) is 11.6 Å². The zero-order valence-electron chi connectivity index (χ0n) is 21.3. The highest BCUT2D eigenvalue weighted by molar-refractivity contribution is 7.92. The van der Waals surface area contributed by atoms with Crippen LogP contribution in [0.25, 0.3) is 0 Å². The minimum Gasteiger partial charge on any atom is -0.352 e. The smallest absolute Gasteiger partial charge is 0.244 e. The second kappa shape index (κ2) is 12.4. The van der Waals surface area contributed by atoms with E-state index >= 15 is 0 Å². The lowest BCUT2D eigenvalue weighted by atomic mass is 10.1. The van der Waals surface area contributed by atoms with Crippen molar-refractivity contribution in [2.24, 2.45) is 0 Å². The fourth-order valence-electron chi connectivity index (χ4n) is 3.83. The number of anilines is 1. The molecule has 2 atom stereocenters. The summed E-state index contributed by atoms with van der Waals surface area (Å²) in [4.78, 5) is 28.3. The van der Waals surface area contributed by atoms with Crippen LogP contribution < -0.4 is 9.62 Å². The SMILES string of the molecule is CC[C@@H](C)NC(=O)[C@H](CC)N(Cc1cccc(C)c1)C(=O)CN(c1cccc(Cl)c1C)S(C)(=O)=O. The molecule has 2 rings (SSSR count). The molecule has 0 spiro atoms. The summed E-state index contributed by atoms with van der Waals surface area (Å²) in [6.45, 7) is 9.11. The topological polar surface area (TPSA) is 86.8 Å². The Labute approximate surface area is 214 Å². The monoisotopic (exact) mass is 521 g/mol. The molecule has 0 saturated heterocycles. The van der Waals surface area contributed by atoms with Crippen molar-refractivity contribution in [2.75, 3.05) is 17.1 Å². The molecule has 0 aliphatic rings. The maximum absolute atomic E-state index is 13.7. The third-order valence-electron chi connectivity index (χ3n) is 6.01. The zero-order valence-corrected chi connectivity index (χ0v) is 22.9. The number of benzene rings is 2. The van der Waals surface area contributed by atoms with E-state index in [1.165, 1.54) is 4.90 Å². The minimum atomic E-state index is -3.81. The van der Waals surface area contributed by atoms with Gasteiger partial charge in [0.05, 0.1) is 11.9 Å². The van der Waals surface area contributed by atoms with E-state index < -0.39 is 28.5 Å². The standard InChI is InChI=1S/C26H36ClN3O4S/c1-7-19(4)28-26(32)23(8-2)29(16-21-12-9-11-18(3)15-21)25(31)17-30(35(6,33)34)24-14-10-13-22(27)20(24)5/h9-15,19,23H,7-8,16-17H2,1-6H3,(H,28,32)/t19-,23+/m1/s1. The Hall–Kier alpha value is -2.58. The molecule has 0 saturated carbocycles. The fraction of sp³-hybridized carbons (Fsp3) is 0.462. The summed E-state index contributed by atoms with van der Waals surface area (Å²) in [6.07, 6.45) is 2.19. The van der Waals surface area contributed by atoms with Gasteiger partial charge in [0.1, 0.15) is 12.6 Å². The highest BCUT2D eigenvalue weighted by Gasteiger charge is 2.32. The van der Waals surface area contributed by atoms with Gasteiger partial charge in [-0.15, -0.1) is 0 Å². The normalized spacial score (nSPS) is 13.1. The van der Waals surface area contributed by atoms with Crippen LogP contribution in [0.1, 0.15) is 50.3 Å². The molecule has 0 heterocycles. The number of carbonyl (C=O) groups is 2. The van der Waals surface area contributed by atoms with Crippen molar-refractivity contribution in [1.29, 1.82) is 0 Å². The Kier molecular flexibility index (Phi) is 10.2. The van der Waals surface area contributed by atoms with Gasteiger partial charge in [0.2, 0.25) is 21.8 Å². The first-order chi connectivity index (χ1) is 16.4. The van der Waals surface area contributed by atoms with Crippen molar-refractivity contribution in [2.45, 2.75) is 66.1 Å². The maximum atomic E-state index is 13.7. The summed E-state index contributed by atoms with van der Waals surface area (Å²) in [5.74, 6) is -0.727. The van der Waals surface area contributed by atoms with Gasteiger partial charge >= 0.3 is 0 Å². The number of nitrogens with zero attached hydrogens (tertiary/aromatic N) is 2. The van der Waals surface area contributed by atoms with Crippen LogP contribution in [0.4, 0.5) is 5.69 Å². The second-order valence-corrected chi connectivity index (χ2v) is 11.2. The van der Waals surface area contributed by atoms with E-state index in [1.807, 2.05) is 52.0 Å². The van der Waals surface area contributed by atoms with Crippen LogP contribution in [-0.4, -0.2) is 50.0 Å².